The zero-order chi connectivity index (χ0) is 12.4. The molecule has 0 saturated heterocycles. The van der Waals surface area contributed by atoms with Crippen LogP contribution in [0.3, 0.4) is 0 Å². The minimum Gasteiger partial charge on any atom is -0.479 e. The van der Waals surface area contributed by atoms with Crippen LogP contribution in [0.4, 0.5) is 5.69 Å². The number of carboxylic acid groups (broad SMARTS) is 1. The maximum Gasteiger partial charge on any atom is 0.339 e. The Hall–Kier alpha value is -2.41. The van der Waals surface area contributed by atoms with Gasteiger partial charge in [0.2, 0.25) is 6.10 Å². The lowest BCUT2D eigenvalue weighted by atomic mass is 10.1. The van der Waals surface area contributed by atoms with E-state index in [-0.39, 0.29) is 5.69 Å². The Labute approximate surface area is 95.4 Å². The minimum absolute atomic E-state index is 0.0658. The van der Waals surface area contributed by atoms with Gasteiger partial charge < -0.3 is 5.11 Å². The van der Waals surface area contributed by atoms with Crippen LogP contribution in [0.1, 0.15) is 5.56 Å². The lowest BCUT2D eigenvalue weighted by Crippen LogP contribution is -2.20. The molecule has 0 bridgehead atoms. The Morgan fingerprint density at radius 2 is 2.29 bits per heavy atom. The summed E-state index contributed by atoms with van der Waals surface area (Å²) in [6.45, 7) is 0. The van der Waals surface area contributed by atoms with Crippen LogP contribution >= 0.6 is 0 Å². The predicted octanol–water partition coefficient (Wildman–Crippen LogP) is 0.924. The number of hydrogen-bond acceptors (Lipinski definition) is 5. The van der Waals surface area contributed by atoms with E-state index in [1.165, 1.54) is 24.3 Å². The van der Waals surface area contributed by atoms with Gasteiger partial charge in [0.25, 0.3) is 5.69 Å². The molecule has 7 heteroatoms. The van der Waals surface area contributed by atoms with E-state index in [0.717, 1.165) is 0 Å². The fraction of sp³-hybridized carbons (Fsp3) is 0.100. The summed E-state index contributed by atoms with van der Waals surface area (Å²) in [5.41, 5.74) is 3.27. The first-order chi connectivity index (χ1) is 8.08. The monoisotopic (exact) mass is 236 g/mol. The van der Waals surface area contributed by atoms with E-state index in [1.54, 1.807) is 6.07 Å². The summed E-state index contributed by atoms with van der Waals surface area (Å²) in [6, 6.07) is 5.84. The van der Waals surface area contributed by atoms with E-state index in [4.69, 9.17) is 9.94 Å². The molecule has 1 aromatic rings. The second-order valence-corrected chi connectivity index (χ2v) is 3.37. The van der Waals surface area contributed by atoms with Gasteiger partial charge in [0, 0.05) is 17.7 Å². The highest BCUT2D eigenvalue weighted by molar-refractivity contribution is 5.80. The van der Waals surface area contributed by atoms with Gasteiger partial charge in [0.05, 0.1) is 10.6 Å². The molecule has 1 aliphatic heterocycles. The summed E-state index contributed by atoms with van der Waals surface area (Å²) in [7, 11) is 0. The fourth-order valence-corrected chi connectivity index (χ4v) is 1.41. The first-order valence-electron chi connectivity index (χ1n) is 4.69. The maximum absolute atomic E-state index is 10.6. The van der Waals surface area contributed by atoms with E-state index < -0.39 is 17.0 Å². The highest BCUT2D eigenvalue weighted by atomic mass is 16.7. The van der Waals surface area contributed by atoms with Crippen LogP contribution in [-0.4, -0.2) is 22.1 Å². The Kier molecular flexibility index (Phi) is 2.75. The molecule has 1 atom stereocenters. The van der Waals surface area contributed by atoms with E-state index >= 15 is 0 Å². The standard InChI is InChI=1S/C10H8N2O5/c13-10(14)9-5-8(11-17-9)6-2-1-3-7(4-6)12(15)16/h1-5,9,11H,(H,13,14). The van der Waals surface area contributed by atoms with Crippen molar-refractivity contribution in [2.75, 3.05) is 0 Å². The highest BCUT2D eigenvalue weighted by Gasteiger charge is 2.24. The Balaban J connectivity index is 2.29. The number of non-ortho nitro benzene ring substituents is 1. The number of carbonyl (C=O) groups is 1. The molecule has 1 aliphatic rings. The second kappa shape index (κ2) is 4.22. The lowest BCUT2D eigenvalue weighted by molar-refractivity contribution is -0.384. The van der Waals surface area contributed by atoms with E-state index in [2.05, 4.69) is 5.48 Å². The van der Waals surface area contributed by atoms with Crippen LogP contribution < -0.4 is 5.48 Å². The van der Waals surface area contributed by atoms with E-state index in [0.29, 0.717) is 11.3 Å². The van der Waals surface area contributed by atoms with Crippen molar-refractivity contribution in [2.24, 2.45) is 0 Å². The van der Waals surface area contributed by atoms with Gasteiger partial charge in [0.1, 0.15) is 0 Å². The number of nitrogens with one attached hydrogen (secondary N) is 1. The zero-order valence-corrected chi connectivity index (χ0v) is 8.49. The van der Waals surface area contributed by atoms with Crippen molar-refractivity contribution < 1.29 is 19.7 Å². The van der Waals surface area contributed by atoms with Crippen LogP contribution in [0, 0.1) is 10.1 Å². The maximum atomic E-state index is 10.6. The number of hydrogen-bond donors (Lipinski definition) is 2. The first-order valence-corrected chi connectivity index (χ1v) is 4.69. The molecule has 0 fully saturated rings. The number of carboxylic acids is 1. The highest BCUT2D eigenvalue weighted by Crippen LogP contribution is 2.22. The first kappa shape index (κ1) is 11.1. The molecule has 17 heavy (non-hydrogen) atoms. The van der Waals surface area contributed by atoms with Gasteiger partial charge in [-0.15, -0.1) is 0 Å². The summed E-state index contributed by atoms with van der Waals surface area (Å²) in [6.07, 6.45) is 0.269. The molecular formula is C10H8N2O5. The topological polar surface area (TPSA) is 102 Å². The number of benzene rings is 1. The van der Waals surface area contributed by atoms with Crippen molar-refractivity contribution in [3.63, 3.8) is 0 Å². The lowest BCUT2D eigenvalue weighted by Gasteiger charge is -2.03. The second-order valence-electron chi connectivity index (χ2n) is 3.37. The van der Waals surface area contributed by atoms with Gasteiger partial charge in [0.15, 0.2) is 0 Å². The van der Waals surface area contributed by atoms with E-state index in [9.17, 15) is 14.9 Å². The Morgan fingerprint density at radius 1 is 1.53 bits per heavy atom. The van der Waals surface area contributed by atoms with Gasteiger partial charge in [-0.25, -0.2) is 4.79 Å². The summed E-state index contributed by atoms with van der Waals surface area (Å²) < 4.78 is 0. The summed E-state index contributed by atoms with van der Waals surface area (Å²) in [5, 5.41) is 19.3. The molecule has 88 valence electrons. The number of aliphatic carboxylic acids is 1. The summed E-state index contributed by atoms with van der Waals surface area (Å²) >= 11 is 0. The predicted molar refractivity (Wildman–Crippen MR) is 56.7 cm³/mol. The summed E-state index contributed by atoms with van der Waals surface area (Å²) in [4.78, 5) is 25.5. The average Bonchev–Trinajstić information content (AvgIpc) is 2.78. The minimum atomic E-state index is -1.13. The molecule has 1 unspecified atom stereocenters. The number of nitro benzene ring substituents is 1. The number of rotatable bonds is 3. The molecule has 0 saturated carbocycles. The van der Waals surface area contributed by atoms with Crippen molar-refractivity contribution in [1.82, 2.24) is 5.48 Å². The third-order valence-corrected chi connectivity index (χ3v) is 2.23. The molecule has 0 radical (unpaired) electrons. The molecule has 2 N–H and O–H groups in total. The zero-order valence-electron chi connectivity index (χ0n) is 8.49. The molecule has 0 aromatic heterocycles. The van der Waals surface area contributed by atoms with E-state index in [1.807, 2.05) is 0 Å². The molecule has 1 aromatic carbocycles. The molecule has 1 heterocycles. The van der Waals surface area contributed by atoms with Gasteiger partial charge in [-0.05, 0) is 6.08 Å². The molecule has 0 spiro atoms. The average molecular weight is 236 g/mol. The Bertz CT molecular complexity index is 511. The van der Waals surface area contributed by atoms with Crippen LogP contribution in [0.15, 0.2) is 30.3 Å². The van der Waals surface area contributed by atoms with Gasteiger partial charge in [-0.2, -0.15) is 0 Å². The van der Waals surface area contributed by atoms with Gasteiger partial charge in [-0.1, -0.05) is 12.1 Å². The molecule has 0 aliphatic carbocycles. The van der Waals surface area contributed by atoms with Crippen LogP contribution in [0.25, 0.3) is 5.70 Å². The normalized spacial score (nSPS) is 18.4. The quantitative estimate of drug-likeness (QED) is 0.597. The third-order valence-electron chi connectivity index (χ3n) is 2.23. The largest absolute Gasteiger partial charge is 0.479 e. The van der Waals surface area contributed by atoms with Crippen LogP contribution in [0.5, 0.6) is 0 Å². The van der Waals surface area contributed by atoms with Crippen LogP contribution in [-0.2, 0) is 9.63 Å². The third kappa shape index (κ3) is 2.23. The SMILES string of the molecule is O=C(O)C1C=C(c2cccc([N+](=O)[O-])c2)NO1. The number of hydroxylamine groups is 1. The number of nitrogens with zero attached hydrogens (tertiary/aromatic N) is 1. The molecule has 2 rings (SSSR count). The van der Waals surface area contributed by atoms with Crippen molar-refractivity contribution in [3.8, 4) is 0 Å². The van der Waals surface area contributed by atoms with Crippen molar-refractivity contribution in [3.05, 3.63) is 46.0 Å². The number of nitro groups is 1. The summed E-state index contributed by atoms with van der Waals surface area (Å²) in [5.74, 6) is -1.13. The molecule has 0 amide bonds. The van der Waals surface area contributed by atoms with Crippen molar-refractivity contribution >= 4 is 17.4 Å². The Morgan fingerprint density at radius 3 is 2.88 bits per heavy atom. The molecular weight excluding hydrogens is 228 g/mol. The fourth-order valence-electron chi connectivity index (χ4n) is 1.41. The van der Waals surface area contributed by atoms with Gasteiger partial charge >= 0.3 is 5.97 Å². The van der Waals surface area contributed by atoms with Gasteiger partial charge in [-0.3, -0.25) is 20.4 Å². The van der Waals surface area contributed by atoms with Crippen molar-refractivity contribution in [1.29, 1.82) is 0 Å². The van der Waals surface area contributed by atoms with Crippen LogP contribution in [0.2, 0.25) is 0 Å². The molecule has 7 nitrogen and oxygen atoms in total. The smallest absolute Gasteiger partial charge is 0.339 e. The van der Waals surface area contributed by atoms with Crippen molar-refractivity contribution in [2.45, 2.75) is 6.10 Å².